The molecule has 1 aromatic rings. The number of urea groups is 1. The van der Waals surface area contributed by atoms with E-state index in [1.165, 1.54) is 0 Å². The number of imidazole rings is 1. The molecule has 0 unspecified atom stereocenters. The molecule has 2 amide bonds. The van der Waals surface area contributed by atoms with Crippen LogP contribution in [0, 0.1) is 6.92 Å². The summed E-state index contributed by atoms with van der Waals surface area (Å²) in [6, 6.07) is -0.606. The van der Waals surface area contributed by atoms with Crippen molar-refractivity contribution in [3.63, 3.8) is 0 Å². The summed E-state index contributed by atoms with van der Waals surface area (Å²) in [4.78, 5) is 23.6. The molecule has 2 N–H and O–H groups in total. The largest absolute Gasteiger partial charge is 0.348 e. The van der Waals surface area contributed by atoms with E-state index < -0.39 is 9.84 Å². The molecule has 3 rings (SSSR count). The van der Waals surface area contributed by atoms with Crippen LogP contribution >= 0.6 is 0 Å². The molecule has 0 radical (unpaired) electrons. The van der Waals surface area contributed by atoms with Crippen molar-refractivity contribution in [3.8, 4) is 0 Å². The predicted molar refractivity (Wildman–Crippen MR) is 90.3 cm³/mol. The number of carbonyl (C=O) groups is 1. The Morgan fingerprint density at radius 2 is 2.08 bits per heavy atom. The van der Waals surface area contributed by atoms with Crippen molar-refractivity contribution in [3.05, 3.63) is 17.7 Å². The molecule has 24 heavy (non-hydrogen) atoms. The average molecular weight is 355 g/mol. The van der Waals surface area contributed by atoms with Crippen LogP contribution in [0.5, 0.6) is 0 Å². The molecule has 3 heterocycles. The van der Waals surface area contributed by atoms with Gasteiger partial charge in [0.15, 0.2) is 9.84 Å². The number of aromatic nitrogens is 2. The first-order chi connectivity index (χ1) is 11.3. The van der Waals surface area contributed by atoms with Gasteiger partial charge in [-0.3, -0.25) is 4.90 Å². The number of piperazine rings is 1. The molecule has 8 nitrogen and oxygen atoms in total. The predicted octanol–water partition coefficient (Wildman–Crippen LogP) is 0.119. The van der Waals surface area contributed by atoms with Gasteiger partial charge in [-0.25, -0.2) is 18.2 Å². The van der Waals surface area contributed by atoms with Crippen LogP contribution in [0.1, 0.15) is 25.2 Å². The van der Waals surface area contributed by atoms with Crippen LogP contribution in [0.2, 0.25) is 0 Å². The maximum atomic E-state index is 12.4. The SMILES string of the molecule is Cc1[nH]cnc1CN1CCN(C(=O)NC(C)C)[C@H]2CS(=O)(=O)C[C@H]21. The molecule has 2 atom stereocenters. The summed E-state index contributed by atoms with van der Waals surface area (Å²) >= 11 is 0. The quantitative estimate of drug-likeness (QED) is 0.802. The molecule has 0 spiro atoms. The first-order valence-corrected chi connectivity index (χ1v) is 10.1. The Bertz CT molecular complexity index is 714. The highest BCUT2D eigenvalue weighted by atomic mass is 32.2. The lowest BCUT2D eigenvalue weighted by Crippen LogP contribution is -2.62. The number of amides is 2. The zero-order chi connectivity index (χ0) is 17.5. The molecule has 2 saturated heterocycles. The van der Waals surface area contributed by atoms with Crippen LogP contribution in [-0.4, -0.2) is 76.9 Å². The number of H-pyrrole nitrogens is 1. The second-order valence-corrected chi connectivity index (χ2v) is 9.11. The Morgan fingerprint density at radius 1 is 1.38 bits per heavy atom. The molecule has 0 bridgehead atoms. The summed E-state index contributed by atoms with van der Waals surface area (Å²) < 4.78 is 24.4. The smallest absolute Gasteiger partial charge is 0.317 e. The topological polar surface area (TPSA) is 98.4 Å². The lowest BCUT2D eigenvalue weighted by molar-refractivity contribution is 0.0592. The Morgan fingerprint density at radius 3 is 2.71 bits per heavy atom. The number of hydrogen-bond donors (Lipinski definition) is 2. The minimum atomic E-state index is -3.14. The van der Waals surface area contributed by atoms with Gasteiger partial charge in [-0.1, -0.05) is 0 Å². The van der Waals surface area contributed by atoms with Crippen molar-refractivity contribution >= 4 is 15.9 Å². The fourth-order valence-corrected chi connectivity index (χ4v) is 5.55. The van der Waals surface area contributed by atoms with Crippen LogP contribution in [0.15, 0.2) is 6.33 Å². The molecule has 2 aliphatic rings. The minimum absolute atomic E-state index is 0.0266. The van der Waals surface area contributed by atoms with Gasteiger partial charge in [0.2, 0.25) is 0 Å². The molecule has 0 saturated carbocycles. The van der Waals surface area contributed by atoms with E-state index in [4.69, 9.17) is 0 Å². The molecule has 1 aromatic heterocycles. The van der Waals surface area contributed by atoms with E-state index in [0.29, 0.717) is 19.6 Å². The van der Waals surface area contributed by atoms with Crippen molar-refractivity contribution in [2.45, 2.75) is 45.4 Å². The maximum absolute atomic E-state index is 12.4. The van der Waals surface area contributed by atoms with Crippen molar-refractivity contribution in [1.82, 2.24) is 25.1 Å². The standard InChI is InChI=1S/C15H25N5O3S/c1-10(2)18-15(21)20-5-4-19(6-12-11(3)16-9-17-12)13-7-24(22,23)8-14(13)20/h9-10,13-14H,4-8H2,1-3H3,(H,16,17)(H,18,21)/t13-,14+/m1/s1. The highest BCUT2D eigenvalue weighted by molar-refractivity contribution is 7.91. The van der Waals surface area contributed by atoms with Gasteiger partial charge in [0.1, 0.15) is 0 Å². The van der Waals surface area contributed by atoms with Crippen molar-refractivity contribution in [1.29, 1.82) is 0 Å². The van der Waals surface area contributed by atoms with Crippen LogP contribution < -0.4 is 5.32 Å². The monoisotopic (exact) mass is 355 g/mol. The summed E-state index contributed by atoms with van der Waals surface area (Å²) in [6.45, 7) is 7.53. The van der Waals surface area contributed by atoms with E-state index in [1.54, 1.807) is 11.2 Å². The first kappa shape index (κ1) is 17.2. The molecule has 9 heteroatoms. The number of nitrogens with zero attached hydrogens (tertiary/aromatic N) is 3. The van der Waals surface area contributed by atoms with Gasteiger partial charge in [0, 0.05) is 37.4 Å². The molecule has 2 fully saturated rings. The summed E-state index contributed by atoms with van der Waals surface area (Å²) in [5, 5.41) is 2.88. The summed E-state index contributed by atoms with van der Waals surface area (Å²) in [6.07, 6.45) is 1.65. The van der Waals surface area contributed by atoms with Gasteiger partial charge < -0.3 is 15.2 Å². The lowest BCUT2D eigenvalue weighted by atomic mass is 10.0. The van der Waals surface area contributed by atoms with Crippen LogP contribution in [0.3, 0.4) is 0 Å². The van der Waals surface area contributed by atoms with E-state index in [9.17, 15) is 13.2 Å². The number of aryl methyl sites for hydroxylation is 1. The minimum Gasteiger partial charge on any atom is -0.348 e. The number of carbonyl (C=O) groups excluding carboxylic acids is 1. The van der Waals surface area contributed by atoms with Crippen molar-refractivity contribution in [2.24, 2.45) is 0 Å². The normalized spacial score (nSPS) is 26.6. The van der Waals surface area contributed by atoms with Crippen molar-refractivity contribution < 1.29 is 13.2 Å². The summed E-state index contributed by atoms with van der Waals surface area (Å²) in [5.41, 5.74) is 1.92. The zero-order valence-corrected chi connectivity index (χ0v) is 15.1. The molecule has 134 valence electrons. The number of nitrogens with one attached hydrogen (secondary N) is 2. The zero-order valence-electron chi connectivity index (χ0n) is 14.3. The second-order valence-electron chi connectivity index (χ2n) is 6.95. The van der Waals surface area contributed by atoms with Gasteiger partial charge in [-0.05, 0) is 20.8 Å². The maximum Gasteiger partial charge on any atom is 0.317 e. The Balaban J connectivity index is 1.80. The van der Waals surface area contributed by atoms with Crippen molar-refractivity contribution in [2.75, 3.05) is 24.6 Å². The number of aromatic amines is 1. The third-order valence-electron chi connectivity index (χ3n) is 4.75. The number of hydrogen-bond acceptors (Lipinski definition) is 5. The van der Waals surface area contributed by atoms with Crippen LogP contribution in [-0.2, 0) is 16.4 Å². The Hall–Kier alpha value is -1.61. The summed E-state index contributed by atoms with van der Waals surface area (Å²) in [7, 11) is -3.14. The summed E-state index contributed by atoms with van der Waals surface area (Å²) in [5.74, 6) is 0.145. The van der Waals surface area contributed by atoms with Gasteiger partial charge >= 0.3 is 6.03 Å². The lowest BCUT2D eigenvalue weighted by Gasteiger charge is -2.43. The second kappa shape index (κ2) is 6.36. The van der Waals surface area contributed by atoms with E-state index in [0.717, 1.165) is 11.4 Å². The molecule has 2 aliphatic heterocycles. The third-order valence-corrected chi connectivity index (χ3v) is 6.45. The molecule has 0 aromatic carbocycles. The van der Waals surface area contributed by atoms with E-state index >= 15 is 0 Å². The van der Waals surface area contributed by atoms with Crippen LogP contribution in [0.25, 0.3) is 0 Å². The number of sulfone groups is 1. The fraction of sp³-hybridized carbons (Fsp3) is 0.733. The Labute approximate surface area is 142 Å². The highest BCUT2D eigenvalue weighted by Crippen LogP contribution is 2.28. The van der Waals surface area contributed by atoms with E-state index in [1.807, 2.05) is 20.8 Å². The van der Waals surface area contributed by atoms with E-state index in [2.05, 4.69) is 20.2 Å². The molecular formula is C15H25N5O3S. The number of rotatable bonds is 3. The van der Waals surface area contributed by atoms with Gasteiger partial charge in [0.05, 0.1) is 29.6 Å². The van der Waals surface area contributed by atoms with E-state index in [-0.39, 0.29) is 35.7 Å². The molecule has 0 aliphatic carbocycles. The first-order valence-electron chi connectivity index (χ1n) is 8.27. The van der Waals surface area contributed by atoms with Gasteiger partial charge in [-0.2, -0.15) is 0 Å². The third kappa shape index (κ3) is 3.41. The average Bonchev–Trinajstić information content (AvgIpc) is 3.00. The van der Waals surface area contributed by atoms with Gasteiger partial charge in [-0.15, -0.1) is 0 Å². The Kier molecular flexibility index (Phi) is 4.56. The molecular weight excluding hydrogens is 330 g/mol. The highest BCUT2D eigenvalue weighted by Gasteiger charge is 2.48. The fourth-order valence-electron chi connectivity index (χ4n) is 3.54. The van der Waals surface area contributed by atoms with Crippen LogP contribution in [0.4, 0.5) is 4.79 Å². The van der Waals surface area contributed by atoms with Gasteiger partial charge in [0.25, 0.3) is 0 Å². The number of fused-ring (bicyclic) bond motifs is 1.